The fourth-order valence-corrected chi connectivity index (χ4v) is 4.28. The van der Waals surface area contributed by atoms with Gasteiger partial charge in [0, 0.05) is 44.6 Å². The molecule has 1 saturated heterocycles. The molecular weight excluding hydrogens is 452 g/mol. The third-order valence-corrected chi connectivity index (χ3v) is 6.62. The number of anilines is 1. The summed E-state index contributed by atoms with van der Waals surface area (Å²) in [5, 5.41) is 4.40. The van der Waals surface area contributed by atoms with Crippen molar-refractivity contribution in [1.29, 1.82) is 0 Å². The number of para-hydroxylation sites is 1. The van der Waals surface area contributed by atoms with Crippen LogP contribution in [0.4, 0.5) is 5.69 Å². The van der Waals surface area contributed by atoms with Crippen LogP contribution in [-0.4, -0.2) is 52.5 Å². The SMILES string of the molecule is Cc1ccc(C(=O)CCC(=O)N2CCN(c3cnn(-c4ccccc4)c(=O)c3Cl)CC2)cc1C. The van der Waals surface area contributed by atoms with E-state index in [1.165, 1.54) is 4.68 Å². The average molecular weight is 479 g/mol. The molecule has 1 fully saturated rings. The fourth-order valence-electron chi connectivity index (χ4n) is 4.03. The molecule has 0 aliphatic carbocycles. The van der Waals surface area contributed by atoms with Gasteiger partial charge in [0.15, 0.2) is 5.78 Å². The van der Waals surface area contributed by atoms with Crippen LogP contribution < -0.4 is 10.5 Å². The van der Waals surface area contributed by atoms with Crippen molar-refractivity contribution < 1.29 is 9.59 Å². The van der Waals surface area contributed by atoms with Crippen LogP contribution in [0.5, 0.6) is 0 Å². The molecule has 7 nitrogen and oxygen atoms in total. The highest BCUT2D eigenvalue weighted by atomic mass is 35.5. The van der Waals surface area contributed by atoms with Crippen molar-refractivity contribution in [1.82, 2.24) is 14.7 Å². The van der Waals surface area contributed by atoms with Gasteiger partial charge in [0.2, 0.25) is 5.91 Å². The topological polar surface area (TPSA) is 75.5 Å². The molecule has 1 aliphatic heterocycles. The minimum atomic E-state index is -0.381. The van der Waals surface area contributed by atoms with E-state index in [1.807, 2.05) is 55.1 Å². The number of carbonyl (C=O) groups is 2. The van der Waals surface area contributed by atoms with Crippen LogP contribution in [0.1, 0.15) is 34.3 Å². The van der Waals surface area contributed by atoms with E-state index in [1.54, 1.807) is 23.2 Å². The number of rotatable bonds is 6. The lowest BCUT2D eigenvalue weighted by Gasteiger charge is -2.36. The largest absolute Gasteiger partial charge is 0.365 e. The smallest absolute Gasteiger partial charge is 0.292 e. The summed E-state index contributed by atoms with van der Waals surface area (Å²) in [5.74, 6) is -0.0625. The van der Waals surface area contributed by atoms with Crippen LogP contribution in [0, 0.1) is 13.8 Å². The summed E-state index contributed by atoms with van der Waals surface area (Å²) < 4.78 is 1.28. The summed E-state index contributed by atoms with van der Waals surface area (Å²) in [6, 6.07) is 14.7. The highest BCUT2D eigenvalue weighted by molar-refractivity contribution is 6.33. The Balaban J connectivity index is 1.34. The Hall–Kier alpha value is -3.45. The Labute approximate surface area is 203 Å². The highest BCUT2D eigenvalue weighted by Crippen LogP contribution is 2.23. The van der Waals surface area contributed by atoms with Gasteiger partial charge in [0.1, 0.15) is 5.02 Å². The number of carbonyl (C=O) groups excluding carboxylic acids is 2. The first-order valence-electron chi connectivity index (χ1n) is 11.3. The molecule has 176 valence electrons. The highest BCUT2D eigenvalue weighted by Gasteiger charge is 2.24. The first-order chi connectivity index (χ1) is 16.3. The Morgan fingerprint density at radius 2 is 1.65 bits per heavy atom. The Morgan fingerprint density at radius 3 is 2.32 bits per heavy atom. The average Bonchev–Trinajstić information content (AvgIpc) is 2.86. The molecule has 8 heteroatoms. The lowest BCUT2D eigenvalue weighted by atomic mass is 10.0. The normalized spacial score (nSPS) is 13.7. The molecular formula is C26H27ClN4O3. The Bertz CT molecular complexity index is 1260. The number of amides is 1. The summed E-state index contributed by atoms with van der Waals surface area (Å²) >= 11 is 6.41. The zero-order chi connectivity index (χ0) is 24.2. The predicted molar refractivity (Wildman–Crippen MR) is 133 cm³/mol. The van der Waals surface area contributed by atoms with Crippen LogP contribution in [0.3, 0.4) is 0 Å². The van der Waals surface area contributed by atoms with Crippen LogP contribution in [0.15, 0.2) is 59.5 Å². The number of piperazine rings is 1. The third kappa shape index (κ3) is 5.04. The monoisotopic (exact) mass is 478 g/mol. The molecule has 34 heavy (non-hydrogen) atoms. The van der Waals surface area contributed by atoms with Gasteiger partial charge in [-0.1, -0.05) is 41.9 Å². The molecule has 0 spiro atoms. The molecule has 2 heterocycles. The standard InChI is InChI=1S/C26H27ClN4O3/c1-18-8-9-20(16-19(18)2)23(32)10-11-24(33)30-14-12-29(13-15-30)22-17-28-31(26(34)25(22)27)21-6-4-3-5-7-21/h3-9,16-17H,10-15H2,1-2H3. The summed E-state index contributed by atoms with van der Waals surface area (Å²) in [6.07, 6.45) is 1.96. The second-order valence-corrected chi connectivity index (χ2v) is 8.86. The maximum atomic E-state index is 12.8. The molecule has 1 amide bonds. The Morgan fingerprint density at radius 1 is 0.941 bits per heavy atom. The first kappa shape index (κ1) is 23.7. The van der Waals surface area contributed by atoms with Gasteiger partial charge in [-0.25, -0.2) is 0 Å². The molecule has 0 saturated carbocycles. The van der Waals surface area contributed by atoms with E-state index in [9.17, 15) is 14.4 Å². The van der Waals surface area contributed by atoms with Crippen molar-refractivity contribution in [3.8, 4) is 5.69 Å². The summed E-state index contributed by atoms with van der Waals surface area (Å²) in [4.78, 5) is 41.7. The molecule has 0 radical (unpaired) electrons. The van der Waals surface area contributed by atoms with E-state index < -0.39 is 0 Å². The molecule has 0 bridgehead atoms. The molecule has 1 aromatic heterocycles. The first-order valence-corrected chi connectivity index (χ1v) is 11.7. The lowest BCUT2D eigenvalue weighted by molar-refractivity contribution is -0.131. The van der Waals surface area contributed by atoms with Gasteiger partial charge >= 0.3 is 0 Å². The number of hydrogen-bond donors (Lipinski definition) is 0. The van der Waals surface area contributed by atoms with E-state index in [4.69, 9.17) is 11.6 Å². The number of ketones is 1. The third-order valence-electron chi connectivity index (χ3n) is 6.27. The lowest BCUT2D eigenvalue weighted by Crippen LogP contribution is -2.49. The number of aromatic nitrogens is 2. The van der Waals surface area contributed by atoms with Crippen LogP contribution in [0.25, 0.3) is 5.69 Å². The maximum Gasteiger partial charge on any atom is 0.292 e. The van der Waals surface area contributed by atoms with Crippen molar-refractivity contribution in [2.75, 3.05) is 31.1 Å². The number of hydrogen-bond acceptors (Lipinski definition) is 5. The van der Waals surface area contributed by atoms with E-state index in [-0.39, 0.29) is 35.1 Å². The van der Waals surface area contributed by atoms with Gasteiger partial charge in [0.25, 0.3) is 5.56 Å². The van der Waals surface area contributed by atoms with Crippen molar-refractivity contribution in [3.05, 3.63) is 86.8 Å². The van der Waals surface area contributed by atoms with E-state index >= 15 is 0 Å². The quantitative estimate of drug-likeness (QED) is 0.503. The second kappa shape index (κ2) is 10.2. The Kier molecular flexibility index (Phi) is 7.12. The predicted octanol–water partition coefficient (Wildman–Crippen LogP) is 3.81. The maximum absolute atomic E-state index is 12.8. The zero-order valence-electron chi connectivity index (χ0n) is 19.3. The molecule has 0 atom stereocenters. The molecule has 0 N–H and O–H groups in total. The van der Waals surface area contributed by atoms with E-state index in [0.29, 0.717) is 43.1 Å². The minimum Gasteiger partial charge on any atom is -0.365 e. The van der Waals surface area contributed by atoms with Crippen molar-refractivity contribution in [2.24, 2.45) is 0 Å². The molecule has 0 unspecified atom stereocenters. The van der Waals surface area contributed by atoms with Crippen molar-refractivity contribution in [2.45, 2.75) is 26.7 Å². The number of halogens is 1. The summed E-state index contributed by atoms with van der Waals surface area (Å²) in [5.41, 5.74) is 3.68. The minimum absolute atomic E-state index is 0.0214. The van der Waals surface area contributed by atoms with Crippen LogP contribution in [-0.2, 0) is 4.79 Å². The summed E-state index contributed by atoms with van der Waals surface area (Å²) in [7, 11) is 0. The van der Waals surface area contributed by atoms with Gasteiger partial charge in [0.05, 0.1) is 17.6 Å². The number of benzene rings is 2. The molecule has 2 aromatic carbocycles. The van der Waals surface area contributed by atoms with Crippen LogP contribution >= 0.6 is 11.6 Å². The summed E-state index contributed by atoms with van der Waals surface area (Å²) in [6.45, 7) is 6.04. The van der Waals surface area contributed by atoms with Gasteiger partial charge in [-0.3, -0.25) is 14.4 Å². The van der Waals surface area contributed by atoms with Gasteiger partial charge in [-0.2, -0.15) is 9.78 Å². The van der Waals surface area contributed by atoms with Gasteiger partial charge in [-0.05, 0) is 43.2 Å². The van der Waals surface area contributed by atoms with Crippen molar-refractivity contribution >= 4 is 29.0 Å². The number of nitrogens with zero attached hydrogens (tertiary/aromatic N) is 4. The molecule has 3 aromatic rings. The van der Waals surface area contributed by atoms with Gasteiger partial charge in [-0.15, -0.1) is 0 Å². The molecule has 4 rings (SSSR count). The number of aryl methyl sites for hydroxylation is 2. The zero-order valence-corrected chi connectivity index (χ0v) is 20.1. The second-order valence-electron chi connectivity index (χ2n) is 8.49. The van der Waals surface area contributed by atoms with Crippen molar-refractivity contribution in [3.63, 3.8) is 0 Å². The van der Waals surface area contributed by atoms with Crippen LogP contribution in [0.2, 0.25) is 5.02 Å². The fraction of sp³-hybridized carbons (Fsp3) is 0.308. The number of Topliss-reactive ketones (excluding diaryl/α,β-unsaturated/α-hetero) is 1. The van der Waals surface area contributed by atoms with Gasteiger partial charge < -0.3 is 9.80 Å². The molecule has 1 aliphatic rings. The van der Waals surface area contributed by atoms with E-state index in [2.05, 4.69) is 5.10 Å². The van der Waals surface area contributed by atoms with E-state index in [0.717, 1.165) is 11.1 Å².